The van der Waals surface area contributed by atoms with Crippen LogP contribution >= 0.6 is 0 Å². The second-order valence-corrected chi connectivity index (χ2v) is 13.3. The highest BCUT2D eigenvalue weighted by Crippen LogP contribution is 2.73. The Morgan fingerprint density at radius 1 is 0.775 bits per heavy atom. The van der Waals surface area contributed by atoms with E-state index in [4.69, 9.17) is 16.8 Å². The number of rotatable bonds is 2. The Labute approximate surface area is 236 Å². The lowest BCUT2D eigenvalue weighted by Crippen LogP contribution is -2.53. The summed E-state index contributed by atoms with van der Waals surface area (Å²) >= 11 is 0. The highest BCUT2D eigenvalue weighted by atomic mass is 15.4. The number of fused-ring (bicyclic) bond motifs is 6. The van der Waals surface area contributed by atoms with Gasteiger partial charge in [0.1, 0.15) is 11.6 Å². The average Bonchev–Trinajstić information content (AvgIpc) is 3.63. The summed E-state index contributed by atoms with van der Waals surface area (Å²) in [5, 5.41) is 10.4. The zero-order valence-electron chi connectivity index (χ0n) is 24.4. The molecule has 2 saturated carbocycles. The molecule has 4 bridgehead atoms. The van der Waals surface area contributed by atoms with Gasteiger partial charge in [0.25, 0.3) is 0 Å². The van der Waals surface area contributed by atoms with Crippen molar-refractivity contribution in [3.05, 3.63) is 89.8 Å². The van der Waals surface area contributed by atoms with E-state index in [-0.39, 0.29) is 16.5 Å². The second-order valence-electron chi connectivity index (χ2n) is 13.3. The molecule has 0 amide bonds. The van der Waals surface area contributed by atoms with Crippen molar-refractivity contribution in [3.8, 4) is 11.4 Å². The molecule has 0 N–H and O–H groups in total. The highest BCUT2D eigenvalue weighted by molar-refractivity contribution is 5.83. The van der Waals surface area contributed by atoms with Gasteiger partial charge in [-0.1, -0.05) is 49.9 Å². The van der Waals surface area contributed by atoms with Gasteiger partial charge in [-0.3, -0.25) is 0 Å². The van der Waals surface area contributed by atoms with E-state index in [1.807, 2.05) is 0 Å². The van der Waals surface area contributed by atoms with Crippen molar-refractivity contribution in [2.75, 3.05) is 23.9 Å². The van der Waals surface area contributed by atoms with Gasteiger partial charge in [0.05, 0.1) is 22.8 Å². The number of allylic oxidation sites excluding steroid dienone is 1. The molecule has 0 saturated heterocycles. The molecule has 4 heterocycles. The van der Waals surface area contributed by atoms with E-state index in [0.717, 1.165) is 42.0 Å². The summed E-state index contributed by atoms with van der Waals surface area (Å²) in [5.41, 5.74) is 8.19. The third-order valence-electron chi connectivity index (χ3n) is 11.5. The van der Waals surface area contributed by atoms with Gasteiger partial charge in [0.15, 0.2) is 0 Å². The third kappa shape index (κ3) is 2.61. The molecule has 2 aromatic carbocycles. The zero-order chi connectivity index (χ0) is 27.8. The molecular weight excluding hydrogens is 492 g/mol. The fraction of sp³-hybridized carbons (Fsp3) is 0.412. The number of para-hydroxylation sites is 2. The fourth-order valence-corrected chi connectivity index (χ4v) is 9.65. The van der Waals surface area contributed by atoms with Crippen LogP contribution in [0.25, 0.3) is 16.9 Å². The van der Waals surface area contributed by atoms with Crippen molar-refractivity contribution in [2.24, 2.45) is 11.8 Å². The van der Waals surface area contributed by atoms with Crippen LogP contribution in [0.1, 0.15) is 55.6 Å². The van der Waals surface area contributed by atoms with E-state index in [1.165, 1.54) is 28.3 Å². The Hall–Kier alpha value is -3.80. The Kier molecular flexibility index (Phi) is 4.49. The van der Waals surface area contributed by atoms with Crippen LogP contribution in [0.4, 0.5) is 11.6 Å². The molecule has 5 unspecified atom stereocenters. The van der Waals surface area contributed by atoms with Crippen LogP contribution in [0, 0.1) is 25.7 Å². The van der Waals surface area contributed by atoms with E-state index in [1.54, 1.807) is 0 Å². The summed E-state index contributed by atoms with van der Waals surface area (Å²) in [5.74, 6) is 3.22. The molecule has 1 spiro atoms. The number of benzene rings is 2. The molecule has 2 aliphatic carbocycles. The van der Waals surface area contributed by atoms with Crippen LogP contribution in [0.2, 0.25) is 0 Å². The first-order valence-electron chi connectivity index (χ1n) is 14.6. The molecule has 6 heteroatoms. The maximum Gasteiger partial charge on any atom is 0.140 e. The van der Waals surface area contributed by atoms with Crippen LogP contribution in [0.15, 0.2) is 67.2 Å². The van der Waals surface area contributed by atoms with E-state index >= 15 is 0 Å². The lowest BCUT2D eigenvalue weighted by molar-refractivity contribution is 0.259. The quantitative estimate of drug-likeness (QED) is 0.298. The third-order valence-corrected chi connectivity index (χ3v) is 11.5. The standard InChI is InChI=1S/C34H38N6/c1-21-26-18-34(38(7)30-28(21)22(2)35-39(30)24-14-10-8-11-15-24)20-32(4)19-27(34)33(26,5)29-23(3)36-40(31(29)37(32)6)25-16-12-9-13-17-25/h8-17,26-27H,1,18-20H2,2-7H3. The predicted octanol–water partition coefficient (Wildman–Crippen LogP) is 6.47. The Morgan fingerprint density at radius 2 is 1.35 bits per heavy atom. The van der Waals surface area contributed by atoms with Crippen molar-refractivity contribution < 1.29 is 0 Å². The summed E-state index contributed by atoms with van der Waals surface area (Å²) in [4.78, 5) is 5.22. The van der Waals surface area contributed by atoms with Crippen molar-refractivity contribution in [3.63, 3.8) is 0 Å². The van der Waals surface area contributed by atoms with Gasteiger partial charge < -0.3 is 9.80 Å². The Balaban J connectivity index is 1.42. The van der Waals surface area contributed by atoms with Crippen molar-refractivity contribution in [2.45, 2.75) is 63.5 Å². The zero-order valence-corrected chi connectivity index (χ0v) is 24.4. The molecule has 8 rings (SSSR count). The van der Waals surface area contributed by atoms with Gasteiger partial charge in [-0.2, -0.15) is 10.2 Å². The first-order valence-corrected chi connectivity index (χ1v) is 14.6. The molecule has 2 aliphatic heterocycles. The Bertz CT molecular complexity index is 1700. The molecule has 4 aromatic rings. The minimum Gasteiger partial charge on any atom is -0.354 e. The minimum atomic E-state index is -0.0979. The van der Waals surface area contributed by atoms with E-state index in [2.05, 4.69) is 122 Å². The smallest absolute Gasteiger partial charge is 0.140 e. The number of hydrogen-bond acceptors (Lipinski definition) is 4. The number of anilines is 2. The highest BCUT2D eigenvalue weighted by Gasteiger charge is 2.73. The van der Waals surface area contributed by atoms with Crippen LogP contribution in [-0.2, 0) is 5.41 Å². The lowest BCUT2D eigenvalue weighted by atomic mass is 9.64. The van der Waals surface area contributed by atoms with Gasteiger partial charge in [0, 0.05) is 41.7 Å². The molecule has 6 nitrogen and oxygen atoms in total. The van der Waals surface area contributed by atoms with Gasteiger partial charge in [0.2, 0.25) is 0 Å². The lowest BCUT2D eigenvalue weighted by Gasteiger charge is -2.47. The number of aromatic nitrogens is 4. The first kappa shape index (κ1) is 24.0. The average molecular weight is 531 g/mol. The van der Waals surface area contributed by atoms with Crippen LogP contribution in [-0.4, -0.2) is 44.7 Å². The maximum atomic E-state index is 5.24. The summed E-state index contributed by atoms with van der Waals surface area (Å²) in [6.07, 6.45) is 3.34. The molecular formula is C34H38N6. The topological polar surface area (TPSA) is 42.1 Å². The molecule has 5 atom stereocenters. The predicted molar refractivity (Wildman–Crippen MR) is 162 cm³/mol. The SMILES string of the molecule is C=C1c2c(C)nn(-c3ccccc3)c2N(C)C23CC1C1(C)c4c(C)nn(-c5ccccc5)c4N(C)C(C)(CC12)C3. The fourth-order valence-electron chi connectivity index (χ4n) is 9.65. The summed E-state index contributed by atoms with van der Waals surface area (Å²) < 4.78 is 4.39. The van der Waals surface area contributed by atoms with Gasteiger partial charge in [-0.15, -0.1) is 0 Å². The second kappa shape index (κ2) is 7.48. The molecule has 0 radical (unpaired) electrons. The largest absolute Gasteiger partial charge is 0.354 e. The molecule has 4 aliphatic rings. The summed E-state index contributed by atoms with van der Waals surface area (Å²) in [7, 11) is 4.64. The number of hydrogen-bond donors (Lipinski definition) is 0. The van der Waals surface area contributed by atoms with Crippen LogP contribution in [0.5, 0.6) is 0 Å². The van der Waals surface area contributed by atoms with E-state index < -0.39 is 0 Å². The molecule has 40 heavy (non-hydrogen) atoms. The normalized spacial score (nSPS) is 31.7. The molecule has 2 aromatic heterocycles. The minimum absolute atomic E-state index is 0.00536. The van der Waals surface area contributed by atoms with E-state index in [0.29, 0.717) is 11.8 Å². The number of aryl methyl sites for hydroxylation is 2. The monoisotopic (exact) mass is 530 g/mol. The van der Waals surface area contributed by atoms with Crippen LogP contribution < -0.4 is 9.80 Å². The van der Waals surface area contributed by atoms with Crippen molar-refractivity contribution in [1.82, 2.24) is 19.6 Å². The van der Waals surface area contributed by atoms with Gasteiger partial charge >= 0.3 is 0 Å². The van der Waals surface area contributed by atoms with Crippen molar-refractivity contribution in [1.29, 1.82) is 0 Å². The van der Waals surface area contributed by atoms with E-state index in [9.17, 15) is 0 Å². The van der Waals surface area contributed by atoms with Gasteiger partial charge in [-0.05, 0) is 81.7 Å². The van der Waals surface area contributed by atoms with Gasteiger partial charge in [-0.25, -0.2) is 9.36 Å². The van der Waals surface area contributed by atoms with Crippen molar-refractivity contribution >= 4 is 17.2 Å². The first-order chi connectivity index (χ1) is 19.1. The summed E-state index contributed by atoms with van der Waals surface area (Å²) in [6, 6.07) is 21.2. The maximum absolute atomic E-state index is 5.24. The summed E-state index contributed by atoms with van der Waals surface area (Å²) in [6.45, 7) is 14.3. The molecule has 204 valence electrons. The van der Waals surface area contributed by atoms with Crippen LogP contribution in [0.3, 0.4) is 0 Å². The molecule has 2 fully saturated rings. The number of nitrogens with zero attached hydrogens (tertiary/aromatic N) is 6. The Morgan fingerprint density at radius 3 is 1.98 bits per heavy atom.